The van der Waals surface area contributed by atoms with Crippen molar-refractivity contribution >= 4 is 44.6 Å². The lowest BCUT2D eigenvalue weighted by molar-refractivity contribution is 0.313. The van der Waals surface area contributed by atoms with Gasteiger partial charge in [0.05, 0.1) is 33.7 Å². The summed E-state index contributed by atoms with van der Waals surface area (Å²) in [6, 6.07) is 7.69. The first-order valence-electron chi connectivity index (χ1n) is 11.5. The van der Waals surface area contributed by atoms with Crippen LogP contribution in [0.15, 0.2) is 43.3 Å². The Morgan fingerprint density at radius 3 is 2.34 bits per heavy atom. The van der Waals surface area contributed by atoms with Crippen molar-refractivity contribution in [2.24, 2.45) is 4.99 Å². The second-order valence-electron chi connectivity index (χ2n) is 9.12. The smallest absolute Gasteiger partial charge is 0.323 e. The van der Waals surface area contributed by atoms with Crippen molar-refractivity contribution < 1.29 is 0 Å². The largest absolute Gasteiger partial charge is 0.367 e. The summed E-state index contributed by atoms with van der Waals surface area (Å²) in [5.41, 5.74) is 6.80. The van der Waals surface area contributed by atoms with Crippen molar-refractivity contribution in [1.82, 2.24) is 24.6 Å². The summed E-state index contributed by atoms with van der Waals surface area (Å²) in [5, 5.41) is 3.20. The Morgan fingerprint density at radius 2 is 1.63 bits per heavy atom. The van der Waals surface area contributed by atoms with Crippen molar-refractivity contribution in [3.8, 4) is 5.69 Å². The van der Waals surface area contributed by atoms with Crippen LogP contribution in [0.5, 0.6) is 0 Å². The van der Waals surface area contributed by atoms with E-state index in [1.165, 1.54) is 0 Å². The molecular weight excluding hydrogens is 510 g/mol. The standard InChI is InChI=1S/C25H28BrN7O2/c1-14-15(2)22(6-5-18(14)26)33-24(34)17(16(3)30-33)13-27-21-11-19-20(29-25(35)28-19)12-23(21)32-9-7-31(4)8-10-32/h5-6,11-13,30H,7-10H2,1-4H3,(H2,28,29,35). The highest BCUT2D eigenvalue weighted by Gasteiger charge is 2.19. The molecule has 182 valence electrons. The maximum atomic E-state index is 13.4. The lowest BCUT2D eigenvalue weighted by atomic mass is 10.1. The van der Waals surface area contributed by atoms with E-state index in [0.717, 1.165) is 64.4 Å². The molecule has 0 radical (unpaired) electrons. The fourth-order valence-corrected chi connectivity index (χ4v) is 4.92. The Kier molecular flexibility index (Phi) is 6.02. The molecule has 4 aromatic rings. The molecule has 1 saturated heterocycles. The normalized spacial score (nSPS) is 15.1. The number of halogens is 1. The number of fused-ring (bicyclic) bond motifs is 1. The zero-order valence-corrected chi connectivity index (χ0v) is 21.8. The average molecular weight is 538 g/mol. The number of likely N-dealkylation sites (N-methyl/N-ethyl adjacent to an activating group) is 1. The molecule has 0 amide bonds. The van der Waals surface area contributed by atoms with Crippen molar-refractivity contribution in [2.45, 2.75) is 20.8 Å². The molecule has 9 nitrogen and oxygen atoms in total. The fraction of sp³-hybridized carbons (Fsp3) is 0.320. The van der Waals surface area contributed by atoms with Crippen LogP contribution < -0.4 is 16.1 Å². The van der Waals surface area contributed by atoms with Gasteiger partial charge >= 0.3 is 5.69 Å². The van der Waals surface area contributed by atoms with E-state index in [-0.39, 0.29) is 11.2 Å². The third-order valence-corrected chi connectivity index (χ3v) is 7.70. The Balaban J connectivity index is 1.57. The van der Waals surface area contributed by atoms with Gasteiger partial charge in [0.1, 0.15) is 0 Å². The summed E-state index contributed by atoms with van der Waals surface area (Å²) in [7, 11) is 2.11. The number of aromatic amines is 3. The van der Waals surface area contributed by atoms with Gasteiger partial charge in [0.2, 0.25) is 0 Å². The van der Waals surface area contributed by atoms with Gasteiger partial charge in [-0.2, -0.15) is 0 Å². The quantitative estimate of drug-likeness (QED) is 0.346. The number of imidazole rings is 1. The first-order chi connectivity index (χ1) is 16.7. The first-order valence-corrected chi connectivity index (χ1v) is 12.3. The molecule has 3 N–H and O–H groups in total. The van der Waals surface area contributed by atoms with Crippen LogP contribution in [0.4, 0.5) is 11.4 Å². The zero-order valence-electron chi connectivity index (χ0n) is 20.2. The lowest BCUT2D eigenvalue weighted by Gasteiger charge is -2.34. The minimum absolute atomic E-state index is 0.159. The lowest BCUT2D eigenvalue weighted by Crippen LogP contribution is -2.44. The Bertz CT molecular complexity index is 1570. The Morgan fingerprint density at radius 1 is 0.943 bits per heavy atom. The van der Waals surface area contributed by atoms with Crippen LogP contribution in [0.2, 0.25) is 0 Å². The van der Waals surface area contributed by atoms with Crippen molar-refractivity contribution in [2.75, 3.05) is 38.1 Å². The third-order valence-electron chi connectivity index (χ3n) is 6.84. The van der Waals surface area contributed by atoms with Gasteiger partial charge in [-0.3, -0.25) is 14.9 Å². The molecule has 2 aromatic carbocycles. The molecule has 0 saturated carbocycles. The number of hydrogen-bond donors (Lipinski definition) is 3. The number of anilines is 1. The van der Waals surface area contributed by atoms with Crippen molar-refractivity contribution in [1.29, 1.82) is 0 Å². The highest BCUT2D eigenvalue weighted by molar-refractivity contribution is 9.10. The molecule has 1 aliphatic rings. The van der Waals surface area contributed by atoms with Crippen LogP contribution >= 0.6 is 15.9 Å². The minimum atomic E-state index is -0.255. The molecule has 0 unspecified atom stereocenters. The molecule has 3 heterocycles. The van der Waals surface area contributed by atoms with Gasteiger partial charge in [0.25, 0.3) is 5.56 Å². The van der Waals surface area contributed by atoms with Crippen LogP contribution in [0.1, 0.15) is 22.4 Å². The summed E-state index contributed by atoms with van der Waals surface area (Å²) in [4.78, 5) is 40.2. The van der Waals surface area contributed by atoms with Gasteiger partial charge in [-0.05, 0) is 63.2 Å². The highest BCUT2D eigenvalue weighted by Crippen LogP contribution is 2.33. The summed E-state index contributed by atoms with van der Waals surface area (Å²) in [6.45, 7) is 9.49. The topological polar surface area (TPSA) is 105 Å². The number of nitrogens with zero attached hydrogens (tertiary/aromatic N) is 4. The van der Waals surface area contributed by atoms with E-state index in [1.54, 1.807) is 10.9 Å². The van der Waals surface area contributed by atoms with Gasteiger partial charge < -0.3 is 19.8 Å². The van der Waals surface area contributed by atoms with Crippen LogP contribution in [0.25, 0.3) is 16.7 Å². The van der Waals surface area contributed by atoms with Crippen LogP contribution in [-0.2, 0) is 0 Å². The molecule has 0 atom stereocenters. The van der Waals surface area contributed by atoms with E-state index >= 15 is 0 Å². The number of aromatic nitrogens is 4. The van der Waals surface area contributed by atoms with E-state index in [9.17, 15) is 9.59 Å². The number of nitrogens with one attached hydrogen (secondary N) is 3. The van der Waals surface area contributed by atoms with E-state index in [1.807, 2.05) is 45.0 Å². The number of H-pyrrole nitrogens is 3. The molecule has 0 aliphatic carbocycles. The molecule has 2 aromatic heterocycles. The maximum Gasteiger partial charge on any atom is 0.323 e. The summed E-state index contributed by atoms with van der Waals surface area (Å²) in [5.74, 6) is 0. The first kappa shape index (κ1) is 23.4. The molecular formula is C25H28BrN7O2. The van der Waals surface area contributed by atoms with E-state index in [0.29, 0.717) is 16.8 Å². The van der Waals surface area contributed by atoms with Gasteiger partial charge in [-0.15, -0.1) is 0 Å². The van der Waals surface area contributed by atoms with Crippen molar-refractivity contribution in [3.63, 3.8) is 0 Å². The molecule has 1 fully saturated rings. The number of hydrogen-bond acceptors (Lipinski definition) is 5. The van der Waals surface area contributed by atoms with E-state index < -0.39 is 0 Å². The van der Waals surface area contributed by atoms with Crippen molar-refractivity contribution in [3.05, 3.63) is 72.0 Å². The Hall–Kier alpha value is -3.37. The van der Waals surface area contributed by atoms with Gasteiger partial charge in [0, 0.05) is 42.6 Å². The molecule has 1 aliphatic heterocycles. The second kappa shape index (κ2) is 9.01. The van der Waals surface area contributed by atoms with Gasteiger partial charge in [-0.1, -0.05) is 15.9 Å². The fourth-order valence-electron chi connectivity index (χ4n) is 4.49. The number of aliphatic imine (C=N–C) groups is 1. The number of piperazine rings is 1. The number of aryl methyl sites for hydroxylation is 1. The predicted octanol–water partition coefficient (Wildman–Crippen LogP) is 3.53. The van der Waals surface area contributed by atoms with Crippen LogP contribution in [0, 0.1) is 20.8 Å². The summed E-state index contributed by atoms with van der Waals surface area (Å²) in [6.07, 6.45) is 1.62. The van der Waals surface area contributed by atoms with E-state index in [4.69, 9.17) is 4.99 Å². The van der Waals surface area contributed by atoms with Gasteiger partial charge in [-0.25, -0.2) is 9.48 Å². The molecule has 5 rings (SSSR count). The predicted molar refractivity (Wildman–Crippen MR) is 144 cm³/mol. The molecule has 0 spiro atoms. The van der Waals surface area contributed by atoms with Crippen LogP contribution in [-0.4, -0.2) is 64.1 Å². The SMILES string of the molecule is Cc1[nH]n(-c2ccc(Br)c(C)c2C)c(=O)c1C=Nc1cc2[nH]c(=O)[nH]c2cc1N1CCN(C)CC1. The zero-order chi connectivity index (χ0) is 24.9. The third kappa shape index (κ3) is 4.28. The number of benzene rings is 2. The van der Waals surface area contributed by atoms with Gasteiger partial charge in [0.15, 0.2) is 0 Å². The maximum absolute atomic E-state index is 13.4. The summed E-state index contributed by atoms with van der Waals surface area (Å²) < 4.78 is 2.58. The minimum Gasteiger partial charge on any atom is -0.367 e. The second-order valence-corrected chi connectivity index (χ2v) is 9.98. The van der Waals surface area contributed by atoms with E-state index in [2.05, 4.69) is 47.8 Å². The highest BCUT2D eigenvalue weighted by atomic mass is 79.9. The molecule has 35 heavy (non-hydrogen) atoms. The molecule has 10 heteroatoms. The average Bonchev–Trinajstić information content (AvgIpc) is 3.33. The Labute approximate surface area is 210 Å². The monoisotopic (exact) mass is 537 g/mol. The number of rotatable bonds is 4. The molecule has 0 bridgehead atoms. The van der Waals surface area contributed by atoms with Crippen LogP contribution in [0.3, 0.4) is 0 Å². The summed E-state index contributed by atoms with van der Waals surface area (Å²) >= 11 is 3.55.